The topological polar surface area (TPSA) is 125 Å². The van der Waals surface area contributed by atoms with Gasteiger partial charge in [0.1, 0.15) is 41.4 Å². The average molecular weight is 324 g/mol. The van der Waals surface area contributed by atoms with Gasteiger partial charge < -0.3 is 20.3 Å². The van der Waals surface area contributed by atoms with Gasteiger partial charge in [0.25, 0.3) is 0 Å². The van der Waals surface area contributed by atoms with Crippen molar-refractivity contribution >= 4 is 5.82 Å². The third-order valence-electron chi connectivity index (χ3n) is 3.20. The van der Waals surface area contributed by atoms with Gasteiger partial charge >= 0.3 is 0 Å². The van der Waals surface area contributed by atoms with E-state index in [2.05, 4.69) is 4.98 Å². The van der Waals surface area contributed by atoms with E-state index in [4.69, 9.17) is 20.3 Å². The minimum Gasteiger partial charge on any atom is -0.491 e. The van der Waals surface area contributed by atoms with Crippen LogP contribution in [0.15, 0.2) is 24.3 Å². The molecule has 7 heteroatoms. The van der Waals surface area contributed by atoms with Crippen LogP contribution < -0.4 is 15.2 Å². The maximum atomic E-state index is 9.50. The van der Waals surface area contributed by atoms with Gasteiger partial charge in [0.15, 0.2) is 0 Å². The summed E-state index contributed by atoms with van der Waals surface area (Å²) in [5.74, 6) is 0.680. The number of pyridine rings is 1. The molecular formula is C17H16N4O3. The van der Waals surface area contributed by atoms with Crippen molar-refractivity contribution in [2.45, 2.75) is 6.92 Å². The summed E-state index contributed by atoms with van der Waals surface area (Å²) in [7, 11) is 0. The molecule has 1 aromatic carbocycles. The number of nitrogens with two attached hydrogens (primary N) is 1. The largest absolute Gasteiger partial charge is 0.491 e. The maximum Gasteiger partial charge on any atom is 0.234 e. The van der Waals surface area contributed by atoms with Crippen LogP contribution in [0.25, 0.3) is 11.1 Å². The van der Waals surface area contributed by atoms with Crippen molar-refractivity contribution in [2.24, 2.45) is 0 Å². The van der Waals surface area contributed by atoms with Gasteiger partial charge in [0, 0.05) is 5.56 Å². The summed E-state index contributed by atoms with van der Waals surface area (Å²) in [4.78, 5) is 4.01. The molecule has 0 bridgehead atoms. The second kappa shape index (κ2) is 7.82. The first kappa shape index (κ1) is 17.1. The highest BCUT2D eigenvalue weighted by molar-refractivity contribution is 5.82. The van der Waals surface area contributed by atoms with Crippen LogP contribution in [0.2, 0.25) is 0 Å². The molecule has 1 aromatic heterocycles. The summed E-state index contributed by atoms with van der Waals surface area (Å²) >= 11 is 0. The Morgan fingerprint density at radius 2 is 1.79 bits per heavy atom. The van der Waals surface area contributed by atoms with E-state index in [-0.39, 0.29) is 36.0 Å². The molecule has 0 aliphatic heterocycles. The number of aromatic nitrogens is 1. The minimum absolute atomic E-state index is 0.00978. The van der Waals surface area contributed by atoms with E-state index >= 15 is 0 Å². The van der Waals surface area contributed by atoms with E-state index in [0.717, 1.165) is 0 Å². The molecule has 2 aromatic rings. The molecule has 0 saturated heterocycles. The lowest BCUT2D eigenvalue weighted by atomic mass is 9.96. The predicted octanol–water partition coefficient (Wildman–Crippen LogP) is 1.84. The number of aliphatic hydroxyl groups is 1. The SMILES string of the molecule is CCOc1nc(N)c(C#N)c(-c2ccc(OCCO)cc2)c1C#N. The third-order valence-corrected chi connectivity index (χ3v) is 3.20. The van der Waals surface area contributed by atoms with E-state index < -0.39 is 0 Å². The molecule has 0 amide bonds. The van der Waals surface area contributed by atoms with Gasteiger partial charge in [-0.1, -0.05) is 12.1 Å². The fraction of sp³-hybridized carbons (Fsp3) is 0.235. The number of anilines is 1. The molecule has 122 valence electrons. The van der Waals surface area contributed by atoms with Crippen LogP contribution >= 0.6 is 0 Å². The Bertz CT molecular complexity index is 805. The molecule has 0 fully saturated rings. The smallest absolute Gasteiger partial charge is 0.234 e. The zero-order chi connectivity index (χ0) is 17.5. The standard InChI is InChI=1S/C17H16N4O3/c1-2-23-17-14(10-19)15(13(9-18)16(20)21-17)11-3-5-12(6-4-11)24-8-7-22/h3-6,22H,2,7-8H2,1H3,(H2,20,21). The van der Waals surface area contributed by atoms with Gasteiger partial charge in [0.2, 0.25) is 5.88 Å². The number of nitrogens with zero attached hydrogens (tertiary/aromatic N) is 3. The van der Waals surface area contributed by atoms with Gasteiger partial charge in [-0.15, -0.1) is 0 Å². The molecule has 0 aliphatic rings. The number of nitrogen functional groups attached to an aromatic ring is 1. The normalized spacial score (nSPS) is 9.83. The Morgan fingerprint density at radius 1 is 1.12 bits per heavy atom. The van der Waals surface area contributed by atoms with Crippen LogP contribution in [0.1, 0.15) is 18.1 Å². The van der Waals surface area contributed by atoms with Gasteiger partial charge in [-0.25, -0.2) is 0 Å². The summed E-state index contributed by atoms with van der Waals surface area (Å²) in [6, 6.07) is 10.8. The van der Waals surface area contributed by atoms with Crippen molar-refractivity contribution in [1.29, 1.82) is 10.5 Å². The molecule has 2 rings (SSSR count). The first-order valence-corrected chi connectivity index (χ1v) is 7.26. The van der Waals surface area contributed by atoms with Crippen LogP contribution in [0.3, 0.4) is 0 Å². The Kier molecular flexibility index (Phi) is 5.56. The van der Waals surface area contributed by atoms with Crippen LogP contribution in [0.4, 0.5) is 5.82 Å². The molecule has 7 nitrogen and oxygen atoms in total. The Morgan fingerprint density at radius 3 is 2.33 bits per heavy atom. The van der Waals surface area contributed by atoms with Crippen LogP contribution in [-0.4, -0.2) is 29.9 Å². The van der Waals surface area contributed by atoms with Crippen molar-refractivity contribution in [2.75, 3.05) is 25.6 Å². The van der Waals surface area contributed by atoms with Crippen LogP contribution in [0, 0.1) is 22.7 Å². The lowest BCUT2D eigenvalue weighted by Gasteiger charge is -2.13. The van der Waals surface area contributed by atoms with Gasteiger partial charge in [-0.2, -0.15) is 15.5 Å². The number of ether oxygens (including phenoxy) is 2. The average Bonchev–Trinajstić information content (AvgIpc) is 2.60. The molecule has 0 spiro atoms. The first-order chi connectivity index (χ1) is 11.7. The number of benzene rings is 1. The highest BCUT2D eigenvalue weighted by Crippen LogP contribution is 2.35. The number of hydrogen-bond acceptors (Lipinski definition) is 7. The summed E-state index contributed by atoms with van der Waals surface area (Å²) in [5, 5.41) is 27.7. The molecule has 0 unspecified atom stereocenters. The van der Waals surface area contributed by atoms with Crippen molar-refractivity contribution in [1.82, 2.24) is 4.98 Å². The third kappa shape index (κ3) is 3.37. The van der Waals surface area contributed by atoms with E-state index in [1.54, 1.807) is 31.2 Å². The zero-order valence-corrected chi connectivity index (χ0v) is 13.1. The van der Waals surface area contributed by atoms with E-state index in [1.807, 2.05) is 12.1 Å². The Balaban J connectivity index is 2.59. The molecule has 0 saturated carbocycles. The fourth-order valence-corrected chi connectivity index (χ4v) is 2.21. The highest BCUT2D eigenvalue weighted by Gasteiger charge is 2.21. The molecule has 1 heterocycles. The quantitative estimate of drug-likeness (QED) is 0.830. The van der Waals surface area contributed by atoms with Crippen molar-refractivity contribution < 1.29 is 14.6 Å². The first-order valence-electron chi connectivity index (χ1n) is 7.26. The molecule has 24 heavy (non-hydrogen) atoms. The van der Waals surface area contributed by atoms with Crippen LogP contribution in [0.5, 0.6) is 11.6 Å². The second-order valence-electron chi connectivity index (χ2n) is 4.68. The summed E-state index contributed by atoms with van der Waals surface area (Å²) in [6.45, 7) is 2.19. The van der Waals surface area contributed by atoms with E-state index in [9.17, 15) is 10.5 Å². The van der Waals surface area contributed by atoms with Gasteiger partial charge in [-0.3, -0.25) is 0 Å². The van der Waals surface area contributed by atoms with E-state index in [1.165, 1.54) is 0 Å². The van der Waals surface area contributed by atoms with Crippen molar-refractivity contribution in [3.8, 4) is 34.9 Å². The van der Waals surface area contributed by atoms with E-state index in [0.29, 0.717) is 23.5 Å². The Labute approximate surface area is 139 Å². The minimum atomic E-state index is -0.0858. The fourth-order valence-electron chi connectivity index (χ4n) is 2.21. The van der Waals surface area contributed by atoms with Gasteiger partial charge in [0.05, 0.1) is 13.2 Å². The summed E-state index contributed by atoms with van der Waals surface area (Å²) < 4.78 is 10.7. The number of hydrogen-bond donors (Lipinski definition) is 2. The summed E-state index contributed by atoms with van der Waals surface area (Å²) in [6.07, 6.45) is 0. The summed E-state index contributed by atoms with van der Waals surface area (Å²) in [5.41, 5.74) is 7.13. The lowest BCUT2D eigenvalue weighted by molar-refractivity contribution is 0.201. The molecule has 0 atom stereocenters. The highest BCUT2D eigenvalue weighted by atomic mass is 16.5. The van der Waals surface area contributed by atoms with Crippen molar-refractivity contribution in [3.05, 3.63) is 35.4 Å². The molecule has 3 N–H and O–H groups in total. The zero-order valence-electron chi connectivity index (χ0n) is 13.1. The Hall–Kier alpha value is -3.29. The number of nitriles is 2. The van der Waals surface area contributed by atoms with Crippen LogP contribution in [-0.2, 0) is 0 Å². The molecule has 0 radical (unpaired) electrons. The molecular weight excluding hydrogens is 308 g/mol. The van der Waals surface area contributed by atoms with Gasteiger partial charge in [-0.05, 0) is 24.6 Å². The predicted molar refractivity (Wildman–Crippen MR) is 87.3 cm³/mol. The van der Waals surface area contributed by atoms with Crippen molar-refractivity contribution in [3.63, 3.8) is 0 Å². The lowest BCUT2D eigenvalue weighted by Crippen LogP contribution is -2.06. The monoisotopic (exact) mass is 324 g/mol. The molecule has 0 aliphatic carbocycles. The number of aliphatic hydroxyl groups excluding tert-OH is 1. The number of rotatable bonds is 6. The maximum absolute atomic E-state index is 9.50. The second-order valence-corrected chi connectivity index (χ2v) is 4.68.